The van der Waals surface area contributed by atoms with Gasteiger partial charge in [0.25, 0.3) is 5.91 Å². The van der Waals surface area contributed by atoms with Crippen molar-refractivity contribution in [1.29, 1.82) is 0 Å². The Bertz CT molecular complexity index is 414. The molecule has 0 aromatic heterocycles. The van der Waals surface area contributed by atoms with Crippen LogP contribution in [0.2, 0.25) is 0 Å². The molecule has 17 heavy (non-hydrogen) atoms. The molecule has 1 aliphatic rings. The summed E-state index contributed by atoms with van der Waals surface area (Å²) in [5.41, 5.74) is 1.13. The van der Waals surface area contributed by atoms with Crippen molar-refractivity contribution in [3.8, 4) is 0 Å². The number of carbonyl (C=O) groups is 1. The summed E-state index contributed by atoms with van der Waals surface area (Å²) in [7, 11) is 0. The first-order valence-electron chi connectivity index (χ1n) is 6.05. The molecule has 0 aliphatic carbocycles. The van der Waals surface area contributed by atoms with E-state index in [-0.39, 0.29) is 17.4 Å². The van der Waals surface area contributed by atoms with Crippen LogP contribution in [0.5, 0.6) is 0 Å². The zero-order valence-electron chi connectivity index (χ0n) is 10.1. The lowest BCUT2D eigenvalue weighted by Gasteiger charge is -2.12. The van der Waals surface area contributed by atoms with E-state index < -0.39 is 0 Å². The Balaban J connectivity index is 1.93. The predicted molar refractivity (Wildman–Crippen MR) is 64.6 cm³/mol. The summed E-state index contributed by atoms with van der Waals surface area (Å²) in [5.74, 6) is -0.473. The van der Waals surface area contributed by atoms with Crippen molar-refractivity contribution in [2.24, 2.45) is 0 Å². The molecule has 1 aromatic carbocycles. The van der Waals surface area contributed by atoms with E-state index in [2.05, 4.69) is 5.32 Å². The van der Waals surface area contributed by atoms with Gasteiger partial charge in [-0.05, 0) is 24.6 Å². The quantitative estimate of drug-likeness (QED) is 0.799. The number of quaternary nitrogens is 1. The molecule has 1 saturated heterocycles. The van der Waals surface area contributed by atoms with Gasteiger partial charge < -0.3 is 10.2 Å². The molecule has 0 atom stereocenters. The average Bonchev–Trinajstić information content (AvgIpc) is 2.75. The van der Waals surface area contributed by atoms with Crippen molar-refractivity contribution in [2.45, 2.75) is 19.8 Å². The van der Waals surface area contributed by atoms with E-state index >= 15 is 0 Å². The number of hydrogen-bond acceptors (Lipinski definition) is 1. The van der Waals surface area contributed by atoms with Gasteiger partial charge in [-0.3, -0.25) is 4.79 Å². The molecule has 2 N–H and O–H groups in total. The van der Waals surface area contributed by atoms with Crippen molar-refractivity contribution in [3.63, 3.8) is 0 Å². The first-order valence-corrected chi connectivity index (χ1v) is 6.05. The maximum atomic E-state index is 13.5. The molecular weight excluding hydrogens is 219 g/mol. The molecule has 1 aliphatic heterocycles. The Hall–Kier alpha value is -1.42. The highest BCUT2D eigenvalue weighted by Gasteiger charge is 2.19. The minimum atomic E-state index is -0.366. The van der Waals surface area contributed by atoms with Gasteiger partial charge in [-0.15, -0.1) is 0 Å². The number of benzene rings is 1. The van der Waals surface area contributed by atoms with Crippen LogP contribution < -0.4 is 10.2 Å². The van der Waals surface area contributed by atoms with Crippen LogP contribution in [0.15, 0.2) is 18.2 Å². The van der Waals surface area contributed by atoms with Crippen LogP contribution in [0.25, 0.3) is 0 Å². The normalized spacial score (nSPS) is 16.1. The lowest BCUT2D eigenvalue weighted by molar-refractivity contribution is -0.878. The number of anilines is 1. The Morgan fingerprint density at radius 3 is 2.76 bits per heavy atom. The van der Waals surface area contributed by atoms with Gasteiger partial charge in [-0.2, -0.15) is 0 Å². The van der Waals surface area contributed by atoms with Gasteiger partial charge in [0.2, 0.25) is 0 Å². The third kappa shape index (κ3) is 3.27. The standard InChI is InChI=1S/C13H17FN2O/c1-10-4-5-12(11(14)8-10)15-13(17)9-16-6-2-3-7-16/h4-5,8H,2-3,6-7,9H2,1H3,(H,15,17)/p+1. The van der Waals surface area contributed by atoms with Crippen LogP contribution in [0, 0.1) is 12.7 Å². The van der Waals surface area contributed by atoms with E-state index in [9.17, 15) is 9.18 Å². The molecule has 92 valence electrons. The van der Waals surface area contributed by atoms with Gasteiger partial charge in [0.05, 0.1) is 18.8 Å². The van der Waals surface area contributed by atoms with Crippen molar-refractivity contribution >= 4 is 11.6 Å². The highest BCUT2D eigenvalue weighted by Crippen LogP contribution is 2.14. The van der Waals surface area contributed by atoms with Crippen LogP contribution in [0.3, 0.4) is 0 Å². The molecule has 0 radical (unpaired) electrons. The SMILES string of the molecule is Cc1ccc(NC(=O)C[NH+]2CCCC2)c(F)c1. The van der Waals surface area contributed by atoms with Crippen LogP contribution in [0.1, 0.15) is 18.4 Å². The molecular formula is C13H18FN2O+. The number of nitrogens with one attached hydrogen (secondary N) is 2. The molecule has 1 aromatic rings. The molecule has 0 saturated carbocycles. The van der Waals surface area contributed by atoms with E-state index in [4.69, 9.17) is 0 Å². The Kier molecular flexibility index (Phi) is 3.74. The lowest BCUT2D eigenvalue weighted by atomic mass is 10.2. The molecule has 0 spiro atoms. The van der Waals surface area contributed by atoms with E-state index in [1.54, 1.807) is 12.1 Å². The fraction of sp³-hybridized carbons (Fsp3) is 0.462. The largest absolute Gasteiger partial charge is 0.327 e. The zero-order valence-corrected chi connectivity index (χ0v) is 10.1. The number of aryl methyl sites for hydroxylation is 1. The van der Waals surface area contributed by atoms with Crippen molar-refractivity contribution in [3.05, 3.63) is 29.6 Å². The highest BCUT2D eigenvalue weighted by molar-refractivity contribution is 5.91. The summed E-state index contributed by atoms with van der Waals surface area (Å²) in [6, 6.07) is 4.83. The zero-order chi connectivity index (χ0) is 12.3. The maximum absolute atomic E-state index is 13.5. The number of carbonyl (C=O) groups excluding carboxylic acids is 1. The second kappa shape index (κ2) is 5.27. The Morgan fingerprint density at radius 2 is 2.12 bits per heavy atom. The van der Waals surface area contributed by atoms with E-state index in [1.807, 2.05) is 6.92 Å². The van der Waals surface area contributed by atoms with Gasteiger partial charge in [0, 0.05) is 12.8 Å². The smallest absolute Gasteiger partial charge is 0.279 e. The van der Waals surface area contributed by atoms with Gasteiger partial charge >= 0.3 is 0 Å². The number of rotatable bonds is 3. The minimum absolute atomic E-state index is 0.107. The predicted octanol–water partition coefficient (Wildman–Crippen LogP) is 0.751. The summed E-state index contributed by atoms with van der Waals surface area (Å²) in [6.07, 6.45) is 2.36. The van der Waals surface area contributed by atoms with E-state index in [0.29, 0.717) is 6.54 Å². The summed E-state index contributed by atoms with van der Waals surface area (Å²) in [5, 5.41) is 2.63. The van der Waals surface area contributed by atoms with E-state index in [0.717, 1.165) is 18.7 Å². The fourth-order valence-electron chi connectivity index (χ4n) is 2.19. The minimum Gasteiger partial charge on any atom is -0.327 e. The third-order valence-corrected chi connectivity index (χ3v) is 3.12. The molecule has 0 bridgehead atoms. The third-order valence-electron chi connectivity index (χ3n) is 3.12. The van der Waals surface area contributed by atoms with Crippen molar-refractivity contribution in [1.82, 2.24) is 0 Å². The first-order chi connectivity index (χ1) is 8.15. The average molecular weight is 237 g/mol. The number of likely N-dealkylation sites (tertiary alicyclic amines) is 1. The molecule has 0 unspecified atom stereocenters. The summed E-state index contributed by atoms with van der Waals surface area (Å²) < 4.78 is 13.5. The number of amides is 1. The molecule has 1 fully saturated rings. The molecule has 2 rings (SSSR count). The summed E-state index contributed by atoms with van der Waals surface area (Å²) in [6.45, 7) is 4.35. The Morgan fingerprint density at radius 1 is 1.41 bits per heavy atom. The second-order valence-electron chi connectivity index (χ2n) is 4.67. The van der Waals surface area contributed by atoms with Gasteiger partial charge in [-0.1, -0.05) is 6.07 Å². The fourth-order valence-corrected chi connectivity index (χ4v) is 2.19. The second-order valence-corrected chi connectivity index (χ2v) is 4.67. The van der Waals surface area contributed by atoms with Gasteiger partial charge in [0.1, 0.15) is 5.82 Å². The maximum Gasteiger partial charge on any atom is 0.279 e. The van der Waals surface area contributed by atoms with Crippen LogP contribution in [-0.2, 0) is 4.79 Å². The Labute approximate surface area is 101 Å². The number of halogens is 1. The van der Waals surface area contributed by atoms with Crippen molar-refractivity contribution in [2.75, 3.05) is 25.0 Å². The summed E-state index contributed by atoms with van der Waals surface area (Å²) >= 11 is 0. The topological polar surface area (TPSA) is 33.5 Å². The number of hydrogen-bond donors (Lipinski definition) is 2. The van der Waals surface area contributed by atoms with Crippen LogP contribution in [-0.4, -0.2) is 25.5 Å². The van der Waals surface area contributed by atoms with Crippen molar-refractivity contribution < 1.29 is 14.1 Å². The molecule has 4 heteroatoms. The van der Waals surface area contributed by atoms with Gasteiger partial charge in [-0.25, -0.2) is 4.39 Å². The van der Waals surface area contributed by atoms with Crippen LogP contribution >= 0.6 is 0 Å². The molecule has 1 heterocycles. The molecule has 1 amide bonds. The first kappa shape index (κ1) is 12.0. The molecule has 3 nitrogen and oxygen atoms in total. The highest BCUT2D eigenvalue weighted by atomic mass is 19.1. The van der Waals surface area contributed by atoms with Gasteiger partial charge in [0.15, 0.2) is 6.54 Å². The van der Waals surface area contributed by atoms with E-state index in [1.165, 1.54) is 23.8 Å². The summed E-state index contributed by atoms with van der Waals surface area (Å²) in [4.78, 5) is 13.0. The lowest BCUT2D eigenvalue weighted by Crippen LogP contribution is -3.11. The van der Waals surface area contributed by atoms with Crippen LogP contribution in [0.4, 0.5) is 10.1 Å². The monoisotopic (exact) mass is 237 g/mol.